The van der Waals surface area contributed by atoms with E-state index < -0.39 is 22.3 Å². The molecule has 0 aliphatic rings. The summed E-state index contributed by atoms with van der Waals surface area (Å²) in [6.45, 7) is 0. The van der Waals surface area contributed by atoms with E-state index in [1.165, 1.54) is 36.5 Å². The number of aromatic carboxylic acids is 1. The van der Waals surface area contributed by atoms with Crippen molar-refractivity contribution in [2.24, 2.45) is 4.99 Å². The summed E-state index contributed by atoms with van der Waals surface area (Å²) in [7, 11) is 0. The number of rotatable bonds is 4. The zero-order valence-corrected chi connectivity index (χ0v) is 10.6. The molecule has 0 N–H and O–H groups in total. The molecule has 2 rings (SSSR count). The first-order valence-electron chi connectivity index (χ1n) is 5.78. The number of benzene rings is 2. The van der Waals surface area contributed by atoms with Crippen molar-refractivity contribution in [2.45, 2.75) is 0 Å². The number of carboxylic acids is 1. The van der Waals surface area contributed by atoms with Crippen LogP contribution in [-0.4, -0.2) is 17.1 Å². The lowest BCUT2D eigenvalue weighted by atomic mass is 10.2. The molecule has 0 saturated heterocycles. The molecule has 0 unspecified atom stereocenters. The highest BCUT2D eigenvalue weighted by Crippen LogP contribution is 2.23. The first-order chi connectivity index (χ1) is 9.97. The Hall–Kier alpha value is -3.22. The maximum absolute atomic E-state index is 11.2. The molecule has 0 atom stereocenters. The van der Waals surface area contributed by atoms with Crippen LogP contribution in [0.15, 0.2) is 47.5 Å². The quantitative estimate of drug-likeness (QED) is 0.467. The molecule has 7 nitrogen and oxygen atoms in total. The van der Waals surface area contributed by atoms with Crippen molar-refractivity contribution in [1.29, 1.82) is 0 Å². The summed E-state index contributed by atoms with van der Waals surface area (Å²) in [5, 5.41) is 32.5. The SMILES string of the molecule is O=C([O-])c1ccc(N=Cc2ccc([O-])c([N+](=O)[O-])c2)cc1. The summed E-state index contributed by atoms with van der Waals surface area (Å²) in [6, 6.07) is 9.25. The van der Waals surface area contributed by atoms with E-state index in [4.69, 9.17) is 0 Å². The topological polar surface area (TPSA) is 119 Å². The Morgan fingerprint density at radius 2 is 1.81 bits per heavy atom. The molecule has 0 bridgehead atoms. The van der Waals surface area contributed by atoms with Gasteiger partial charge in [-0.1, -0.05) is 24.3 Å². The average Bonchev–Trinajstić information content (AvgIpc) is 2.46. The molecule has 0 aliphatic carbocycles. The van der Waals surface area contributed by atoms with Gasteiger partial charge in [-0.15, -0.1) is 0 Å². The Morgan fingerprint density at radius 3 is 2.38 bits per heavy atom. The largest absolute Gasteiger partial charge is 0.868 e. The molecular weight excluding hydrogens is 276 g/mol. The van der Waals surface area contributed by atoms with Gasteiger partial charge in [0.1, 0.15) is 0 Å². The zero-order chi connectivity index (χ0) is 15.4. The Balaban J connectivity index is 2.23. The monoisotopic (exact) mass is 284 g/mol. The van der Waals surface area contributed by atoms with E-state index in [1.54, 1.807) is 0 Å². The Bertz CT molecular complexity index is 723. The Kier molecular flexibility index (Phi) is 3.94. The highest BCUT2D eigenvalue weighted by Gasteiger charge is 2.06. The minimum absolute atomic E-state index is 0.0281. The van der Waals surface area contributed by atoms with Gasteiger partial charge in [0, 0.05) is 12.3 Å². The number of carbonyl (C=O) groups is 1. The van der Waals surface area contributed by atoms with Crippen LogP contribution in [0.25, 0.3) is 0 Å². The second-order valence-corrected chi connectivity index (χ2v) is 4.08. The molecule has 21 heavy (non-hydrogen) atoms. The van der Waals surface area contributed by atoms with Crippen LogP contribution in [-0.2, 0) is 0 Å². The van der Waals surface area contributed by atoms with Gasteiger partial charge in [0.25, 0.3) is 5.69 Å². The predicted molar refractivity (Wildman–Crippen MR) is 70.6 cm³/mol. The van der Waals surface area contributed by atoms with Crippen LogP contribution in [0.5, 0.6) is 5.75 Å². The van der Waals surface area contributed by atoms with E-state index >= 15 is 0 Å². The number of nitro benzene ring substituents is 1. The van der Waals surface area contributed by atoms with Crippen LogP contribution in [0.3, 0.4) is 0 Å². The summed E-state index contributed by atoms with van der Waals surface area (Å²) in [4.78, 5) is 24.5. The third kappa shape index (κ3) is 3.41. The third-order valence-electron chi connectivity index (χ3n) is 2.65. The molecule has 0 aromatic heterocycles. The van der Waals surface area contributed by atoms with Crippen molar-refractivity contribution in [3.05, 3.63) is 63.7 Å². The van der Waals surface area contributed by atoms with Gasteiger partial charge >= 0.3 is 0 Å². The zero-order valence-electron chi connectivity index (χ0n) is 10.6. The molecule has 0 aliphatic heterocycles. The summed E-state index contributed by atoms with van der Waals surface area (Å²) >= 11 is 0. The lowest BCUT2D eigenvalue weighted by Gasteiger charge is -2.06. The molecule has 0 radical (unpaired) electrons. The van der Waals surface area contributed by atoms with Crippen molar-refractivity contribution < 1.29 is 19.9 Å². The Morgan fingerprint density at radius 1 is 1.14 bits per heavy atom. The van der Waals surface area contributed by atoms with Crippen LogP contribution in [0.2, 0.25) is 0 Å². The standard InChI is InChI=1S/C14H10N2O5/c17-13-6-1-9(7-12(13)16(20)21)8-15-11-4-2-10(3-5-11)14(18)19/h1-8,17H,(H,18,19)/p-2. The normalized spacial score (nSPS) is 10.7. The van der Waals surface area contributed by atoms with E-state index in [9.17, 15) is 25.1 Å². The number of hydrogen-bond acceptors (Lipinski definition) is 6. The third-order valence-corrected chi connectivity index (χ3v) is 2.65. The summed E-state index contributed by atoms with van der Waals surface area (Å²) in [5.41, 5.74) is 0.366. The average molecular weight is 284 g/mol. The first kappa shape index (κ1) is 14.2. The van der Waals surface area contributed by atoms with E-state index in [2.05, 4.69) is 4.99 Å². The molecule has 0 fully saturated rings. The van der Waals surface area contributed by atoms with E-state index in [1.807, 2.05) is 0 Å². The highest BCUT2D eigenvalue weighted by molar-refractivity contribution is 5.87. The lowest BCUT2D eigenvalue weighted by molar-refractivity contribution is -0.398. The van der Waals surface area contributed by atoms with Gasteiger partial charge < -0.3 is 15.0 Å². The van der Waals surface area contributed by atoms with Crippen molar-refractivity contribution in [3.8, 4) is 5.75 Å². The van der Waals surface area contributed by atoms with E-state index in [0.717, 1.165) is 12.1 Å². The lowest BCUT2D eigenvalue weighted by Crippen LogP contribution is -2.21. The van der Waals surface area contributed by atoms with Crippen molar-refractivity contribution >= 4 is 23.6 Å². The van der Waals surface area contributed by atoms with Crippen molar-refractivity contribution in [1.82, 2.24) is 0 Å². The molecule has 106 valence electrons. The minimum Gasteiger partial charge on any atom is -0.868 e. The summed E-state index contributed by atoms with van der Waals surface area (Å²) in [6.07, 6.45) is 1.35. The van der Waals surface area contributed by atoms with Gasteiger partial charge in [0.05, 0.1) is 16.6 Å². The van der Waals surface area contributed by atoms with Crippen LogP contribution < -0.4 is 10.2 Å². The van der Waals surface area contributed by atoms with Crippen LogP contribution in [0.4, 0.5) is 11.4 Å². The van der Waals surface area contributed by atoms with Crippen molar-refractivity contribution in [2.75, 3.05) is 0 Å². The van der Waals surface area contributed by atoms with Crippen LogP contribution in [0, 0.1) is 10.1 Å². The number of hydrogen-bond donors (Lipinski definition) is 0. The number of nitro groups is 1. The fraction of sp³-hybridized carbons (Fsp3) is 0. The van der Waals surface area contributed by atoms with Gasteiger partial charge in [-0.05, 0) is 29.0 Å². The second kappa shape index (κ2) is 5.83. The molecule has 0 spiro atoms. The molecule has 7 heteroatoms. The number of carbonyl (C=O) groups excluding carboxylic acids is 1. The minimum atomic E-state index is -1.29. The fourth-order valence-electron chi connectivity index (χ4n) is 1.59. The molecular formula is C14H8N2O5-2. The summed E-state index contributed by atoms with van der Waals surface area (Å²) < 4.78 is 0. The molecule has 2 aromatic carbocycles. The van der Waals surface area contributed by atoms with Crippen LogP contribution >= 0.6 is 0 Å². The van der Waals surface area contributed by atoms with E-state index in [0.29, 0.717) is 11.3 Å². The Labute approximate surface area is 119 Å². The van der Waals surface area contributed by atoms with Gasteiger partial charge in [0.15, 0.2) is 0 Å². The smallest absolute Gasteiger partial charge is 0.262 e. The highest BCUT2D eigenvalue weighted by atomic mass is 16.6. The number of aliphatic imine (C=N–C) groups is 1. The van der Waals surface area contributed by atoms with Gasteiger partial charge in [-0.2, -0.15) is 0 Å². The second-order valence-electron chi connectivity index (χ2n) is 4.08. The maximum atomic E-state index is 11.2. The predicted octanol–water partition coefficient (Wildman–Crippen LogP) is 0.782. The van der Waals surface area contributed by atoms with Gasteiger partial charge in [0.2, 0.25) is 0 Å². The molecule has 0 heterocycles. The fourth-order valence-corrected chi connectivity index (χ4v) is 1.59. The van der Waals surface area contributed by atoms with Gasteiger partial charge in [-0.25, -0.2) is 0 Å². The molecule has 0 amide bonds. The molecule has 2 aromatic rings. The van der Waals surface area contributed by atoms with Crippen molar-refractivity contribution in [3.63, 3.8) is 0 Å². The molecule has 0 saturated carbocycles. The summed E-state index contributed by atoms with van der Waals surface area (Å²) in [5.74, 6) is -1.96. The maximum Gasteiger partial charge on any atom is 0.262 e. The number of nitrogens with zero attached hydrogens (tertiary/aromatic N) is 2. The van der Waals surface area contributed by atoms with Gasteiger partial charge in [-0.3, -0.25) is 15.1 Å². The van der Waals surface area contributed by atoms with Crippen LogP contribution in [0.1, 0.15) is 15.9 Å². The van der Waals surface area contributed by atoms with E-state index in [-0.39, 0.29) is 5.56 Å². The first-order valence-corrected chi connectivity index (χ1v) is 5.78. The number of carboxylic acid groups (broad SMARTS) is 1.